The molecule has 0 amide bonds. The van der Waals surface area contributed by atoms with Gasteiger partial charge in [-0.05, 0) is 44.4 Å². The molecule has 3 aromatic heterocycles. The van der Waals surface area contributed by atoms with Crippen molar-refractivity contribution in [2.75, 3.05) is 55.9 Å². The Balaban J connectivity index is 1.43. The number of halogens is 6. The summed E-state index contributed by atoms with van der Waals surface area (Å²) in [6.07, 6.45) is -2.20. The Bertz CT molecular complexity index is 1950. The molecule has 0 saturated carbocycles. The predicted molar refractivity (Wildman–Crippen MR) is 172 cm³/mol. The number of benzene rings is 1. The Morgan fingerprint density at radius 3 is 2.67 bits per heavy atom. The number of anilines is 3. The molecule has 2 fully saturated rings. The van der Waals surface area contributed by atoms with Gasteiger partial charge in [0.15, 0.2) is 11.6 Å². The lowest BCUT2D eigenvalue weighted by Crippen LogP contribution is -2.46. The van der Waals surface area contributed by atoms with Gasteiger partial charge in [0.2, 0.25) is 0 Å². The van der Waals surface area contributed by atoms with E-state index in [9.17, 15) is 17.6 Å². The second kappa shape index (κ2) is 12.6. The molecule has 4 N–H and O–H groups in total. The van der Waals surface area contributed by atoms with E-state index in [4.69, 9.17) is 37.3 Å². The maximum Gasteiger partial charge on any atom is 0.418 e. The molecule has 11 nitrogen and oxygen atoms in total. The maximum atomic E-state index is 17.0. The number of alkyl halides is 3. The molecule has 2 saturated heterocycles. The van der Waals surface area contributed by atoms with Gasteiger partial charge in [-0.3, -0.25) is 4.90 Å². The number of pyridine rings is 2. The van der Waals surface area contributed by atoms with E-state index < -0.39 is 51.2 Å². The molecule has 6 heterocycles. The Morgan fingerprint density at radius 1 is 1.10 bits per heavy atom. The summed E-state index contributed by atoms with van der Waals surface area (Å²) >= 11 is 6.76. The van der Waals surface area contributed by atoms with Crippen molar-refractivity contribution in [1.82, 2.24) is 24.8 Å². The predicted octanol–water partition coefficient (Wildman–Crippen LogP) is 5.71. The number of aromatic nitrogens is 4. The lowest BCUT2D eigenvalue weighted by Gasteiger charge is -2.33. The molecular weight excluding hydrogens is 675 g/mol. The van der Waals surface area contributed by atoms with E-state index in [0.717, 1.165) is 31.6 Å². The van der Waals surface area contributed by atoms with Gasteiger partial charge in [-0.15, -0.1) is 0 Å². The van der Waals surface area contributed by atoms with Crippen LogP contribution < -0.4 is 25.8 Å². The van der Waals surface area contributed by atoms with Crippen LogP contribution in [0.2, 0.25) is 5.02 Å². The smallest absolute Gasteiger partial charge is 0.418 e. The highest BCUT2D eigenvalue weighted by molar-refractivity contribution is 6.36. The normalized spacial score (nSPS) is 20.2. The van der Waals surface area contributed by atoms with Crippen LogP contribution in [0.3, 0.4) is 0 Å². The zero-order valence-corrected chi connectivity index (χ0v) is 27.2. The number of aryl methyl sites for hydroxylation is 1. The fourth-order valence-electron chi connectivity index (χ4n) is 7.08. The summed E-state index contributed by atoms with van der Waals surface area (Å²) in [5.41, 5.74) is 8.94. The molecule has 0 aliphatic carbocycles. The molecule has 4 aromatic rings. The average molecular weight is 707 g/mol. The van der Waals surface area contributed by atoms with E-state index in [-0.39, 0.29) is 72.0 Å². The van der Waals surface area contributed by atoms with Crippen LogP contribution in [0.15, 0.2) is 18.3 Å². The van der Waals surface area contributed by atoms with E-state index in [1.165, 1.54) is 13.0 Å². The third kappa shape index (κ3) is 5.88. The van der Waals surface area contributed by atoms with Crippen molar-refractivity contribution in [1.29, 1.82) is 0 Å². The topological polar surface area (TPSA) is 138 Å². The number of nitrogens with zero attached hydrogens (tertiary/aromatic N) is 6. The van der Waals surface area contributed by atoms with E-state index in [1.54, 1.807) is 11.8 Å². The van der Waals surface area contributed by atoms with Crippen LogP contribution in [0.5, 0.6) is 11.8 Å². The molecule has 3 aliphatic rings. The van der Waals surface area contributed by atoms with E-state index in [2.05, 4.69) is 24.8 Å². The van der Waals surface area contributed by atoms with Gasteiger partial charge >= 0.3 is 12.2 Å². The third-order valence-corrected chi connectivity index (χ3v) is 9.72. The van der Waals surface area contributed by atoms with Gasteiger partial charge in [0, 0.05) is 24.2 Å². The molecule has 7 rings (SSSR count). The number of nitrogen functional groups attached to an aromatic ring is 2. The van der Waals surface area contributed by atoms with Gasteiger partial charge in [0.25, 0.3) is 0 Å². The SMILES string of the molecule is Cc1cc(N)nc(-c2c(Cl)c3c4c(nc(OC[C@@H]5CC[C@H]6COCCN65)nc4c2F)N([C@H](C)c2cc(F)cnc2N)CCO3)c1C(F)(F)F. The Labute approximate surface area is 282 Å². The van der Waals surface area contributed by atoms with Crippen LogP contribution in [-0.4, -0.2) is 76.4 Å². The van der Waals surface area contributed by atoms with E-state index in [0.29, 0.717) is 18.8 Å². The fraction of sp³-hybridized carbons (Fsp3) is 0.438. The third-order valence-electron chi connectivity index (χ3n) is 9.36. The molecular formula is C32H32ClF5N8O3. The van der Waals surface area contributed by atoms with Crippen molar-refractivity contribution < 1.29 is 36.2 Å². The molecule has 17 heteroatoms. The standard InChI is InChI=1S/C32H32ClF5N8O3/c1-14-9-20(39)42-26(23(14)32(36,37)38)21-24(33)28-22-27(25(21)35)43-31(49-13-18-4-3-17-12-47-7-5-46(17)18)44-30(22)45(6-8-48-28)15(2)19-10-16(34)11-41-29(19)40/h9-11,15,17-18H,3-8,12-13H2,1-2H3,(H2,39,42)(H2,40,41)/t15-,17+,18+/m1/s1. The lowest BCUT2D eigenvalue weighted by molar-refractivity contribution is -0.137. The van der Waals surface area contributed by atoms with Crippen molar-refractivity contribution in [2.45, 2.75) is 51.0 Å². The van der Waals surface area contributed by atoms with Gasteiger partial charge in [-0.25, -0.2) is 18.7 Å². The van der Waals surface area contributed by atoms with Crippen molar-refractivity contribution >= 4 is 40.0 Å². The second-order valence-electron chi connectivity index (χ2n) is 12.3. The lowest BCUT2D eigenvalue weighted by atomic mass is 9.98. The van der Waals surface area contributed by atoms with E-state index >= 15 is 4.39 Å². The zero-order chi connectivity index (χ0) is 34.8. The average Bonchev–Trinajstić information content (AvgIpc) is 3.36. The summed E-state index contributed by atoms with van der Waals surface area (Å²) in [5.74, 6) is -2.10. The summed E-state index contributed by atoms with van der Waals surface area (Å²) in [6, 6.07) is 1.63. The van der Waals surface area contributed by atoms with Crippen molar-refractivity contribution in [3.63, 3.8) is 0 Å². The minimum Gasteiger partial charge on any atom is -0.489 e. The van der Waals surface area contributed by atoms with Crippen LogP contribution >= 0.6 is 11.6 Å². The highest BCUT2D eigenvalue weighted by atomic mass is 35.5. The van der Waals surface area contributed by atoms with Gasteiger partial charge in [0.1, 0.15) is 42.0 Å². The molecule has 3 aliphatic heterocycles. The number of rotatable bonds is 6. The summed E-state index contributed by atoms with van der Waals surface area (Å²) in [7, 11) is 0. The zero-order valence-electron chi connectivity index (χ0n) is 26.5. The highest BCUT2D eigenvalue weighted by Crippen LogP contribution is 2.51. The molecule has 0 unspecified atom stereocenters. The summed E-state index contributed by atoms with van der Waals surface area (Å²) in [5, 5.41) is -0.494. The summed E-state index contributed by atoms with van der Waals surface area (Å²) < 4.78 is 92.4. The number of hydrogen-bond acceptors (Lipinski definition) is 11. The van der Waals surface area contributed by atoms with Gasteiger partial charge in [-0.1, -0.05) is 11.6 Å². The van der Waals surface area contributed by atoms with Crippen LogP contribution in [0.25, 0.3) is 22.2 Å². The quantitative estimate of drug-likeness (QED) is 0.239. The maximum absolute atomic E-state index is 17.0. The molecule has 1 aromatic carbocycles. The first kappa shape index (κ1) is 33.2. The van der Waals surface area contributed by atoms with Crippen molar-refractivity contribution in [3.05, 3.63) is 51.7 Å². The summed E-state index contributed by atoms with van der Waals surface area (Å²) in [6.45, 7) is 5.05. The van der Waals surface area contributed by atoms with Crippen LogP contribution in [0.4, 0.5) is 39.4 Å². The van der Waals surface area contributed by atoms with Gasteiger partial charge < -0.3 is 30.6 Å². The number of nitrogens with two attached hydrogens (primary N) is 2. The molecule has 260 valence electrons. The minimum absolute atomic E-state index is 0.0128. The molecule has 49 heavy (non-hydrogen) atoms. The fourth-order valence-corrected chi connectivity index (χ4v) is 7.40. The molecule has 3 atom stereocenters. The Hall–Kier alpha value is -4.28. The van der Waals surface area contributed by atoms with Crippen LogP contribution in [0.1, 0.15) is 42.5 Å². The second-order valence-corrected chi connectivity index (χ2v) is 12.7. The van der Waals surface area contributed by atoms with E-state index in [1.807, 2.05) is 0 Å². The van der Waals surface area contributed by atoms with Gasteiger partial charge in [0.05, 0.1) is 59.2 Å². The highest BCUT2D eigenvalue weighted by Gasteiger charge is 2.41. The number of ether oxygens (including phenoxy) is 3. The largest absolute Gasteiger partial charge is 0.489 e. The number of hydrogen-bond donors (Lipinski definition) is 2. The van der Waals surface area contributed by atoms with Crippen LogP contribution in [-0.2, 0) is 10.9 Å². The Kier molecular flexibility index (Phi) is 8.51. The molecule has 0 bridgehead atoms. The van der Waals surface area contributed by atoms with Gasteiger partial charge in [-0.2, -0.15) is 23.1 Å². The minimum atomic E-state index is -4.94. The monoisotopic (exact) mass is 706 g/mol. The van der Waals surface area contributed by atoms with Crippen molar-refractivity contribution in [3.8, 4) is 23.0 Å². The summed E-state index contributed by atoms with van der Waals surface area (Å²) in [4.78, 5) is 20.9. The number of morpholine rings is 1. The number of fused-ring (bicyclic) bond motifs is 1. The first-order chi connectivity index (χ1) is 23.3. The molecule has 0 spiro atoms. The first-order valence-electron chi connectivity index (χ1n) is 15.7. The Morgan fingerprint density at radius 2 is 1.90 bits per heavy atom. The van der Waals surface area contributed by atoms with Crippen LogP contribution in [0, 0.1) is 18.6 Å². The first-order valence-corrected chi connectivity index (χ1v) is 16.0. The molecule has 0 radical (unpaired) electrons. The van der Waals surface area contributed by atoms with Crippen molar-refractivity contribution in [2.24, 2.45) is 0 Å².